The van der Waals surface area contributed by atoms with Gasteiger partial charge in [-0.2, -0.15) is 0 Å². The Hall–Kier alpha value is -0.526. The molecule has 0 aromatic heterocycles. The van der Waals surface area contributed by atoms with E-state index in [2.05, 4.69) is 98.0 Å². The first-order chi connectivity index (χ1) is 11.7. The summed E-state index contributed by atoms with van der Waals surface area (Å²) in [6.07, 6.45) is 0. The lowest BCUT2D eigenvalue weighted by Gasteiger charge is -2.40. The Bertz CT molecular complexity index is 572. The Morgan fingerprint density at radius 1 is 0.731 bits per heavy atom. The van der Waals surface area contributed by atoms with Gasteiger partial charge in [0.1, 0.15) is 16.1 Å². The van der Waals surface area contributed by atoms with Crippen LogP contribution in [0.5, 0.6) is 0 Å². The van der Waals surface area contributed by atoms with Gasteiger partial charge in [0.2, 0.25) is 0 Å². The normalized spacial score (nSPS) is 19.8. The first-order valence-electron chi connectivity index (χ1n) is 10.0. The predicted molar refractivity (Wildman–Crippen MR) is 118 cm³/mol. The summed E-state index contributed by atoms with van der Waals surface area (Å²) in [6.45, 7) is 26.2. The van der Waals surface area contributed by atoms with Crippen LogP contribution in [0, 0.1) is 28.3 Å². The van der Waals surface area contributed by atoms with E-state index in [9.17, 15) is 0 Å². The maximum absolute atomic E-state index is 6.19. The van der Waals surface area contributed by atoms with Crippen LogP contribution in [0.1, 0.15) is 55.4 Å². The first kappa shape index (κ1) is 23.5. The van der Waals surface area contributed by atoms with E-state index in [1.54, 1.807) is 0 Å². The molecule has 148 valence electrons. The van der Waals surface area contributed by atoms with Gasteiger partial charge < -0.3 is 9.47 Å². The number of ether oxygens (including phenoxy) is 2. The molecule has 4 heteroatoms. The van der Waals surface area contributed by atoms with E-state index in [1.165, 1.54) is 0 Å². The van der Waals surface area contributed by atoms with E-state index in [1.807, 2.05) is 0 Å². The summed E-state index contributed by atoms with van der Waals surface area (Å²) >= 11 is 0. The van der Waals surface area contributed by atoms with Crippen molar-refractivity contribution in [2.75, 3.05) is 13.2 Å². The topological polar surface area (TPSA) is 18.5 Å². The monoisotopic (exact) mass is 392 g/mol. The molecule has 1 saturated heterocycles. The highest BCUT2D eigenvalue weighted by atomic mass is 28.3. The summed E-state index contributed by atoms with van der Waals surface area (Å²) in [7, 11) is -3.39. The number of hydrogen-bond donors (Lipinski definition) is 0. The maximum atomic E-state index is 6.19. The van der Waals surface area contributed by atoms with Crippen LogP contribution in [-0.4, -0.2) is 35.1 Å². The van der Waals surface area contributed by atoms with Gasteiger partial charge in [0.15, 0.2) is 0 Å². The zero-order valence-electron chi connectivity index (χ0n) is 19.0. The van der Waals surface area contributed by atoms with E-state index < -0.39 is 21.9 Å². The molecule has 0 radical (unpaired) electrons. The molecule has 0 spiro atoms. The Morgan fingerprint density at radius 2 is 1.12 bits per heavy atom. The lowest BCUT2D eigenvalue weighted by atomic mass is 9.95. The van der Waals surface area contributed by atoms with Gasteiger partial charge in [-0.05, 0) is 28.5 Å². The third-order valence-electron chi connectivity index (χ3n) is 5.24. The third-order valence-corrected chi connectivity index (χ3v) is 12.4. The van der Waals surface area contributed by atoms with E-state index in [-0.39, 0.29) is 5.41 Å². The fourth-order valence-electron chi connectivity index (χ4n) is 3.75. The molecule has 0 amide bonds. The van der Waals surface area contributed by atoms with Crippen molar-refractivity contribution in [3.05, 3.63) is 0 Å². The average molecular weight is 393 g/mol. The van der Waals surface area contributed by atoms with E-state index in [0.717, 1.165) is 0 Å². The van der Waals surface area contributed by atoms with Gasteiger partial charge >= 0.3 is 0 Å². The maximum Gasteiger partial charge on any atom is 0.299 e. The Balaban J connectivity index is 3.42. The molecule has 1 heterocycles. The minimum atomic E-state index is -1.85. The smallest absolute Gasteiger partial charge is 0.299 e. The van der Waals surface area contributed by atoms with Crippen molar-refractivity contribution in [3.8, 4) is 22.9 Å². The molecule has 0 aliphatic carbocycles. The minimum Gasteiger partial charge on any atom is -0.329 e. The van der Waals surface area contributed by atoms with Crippen LogP contribution >= 0.6 is 0 Å². The summed E-state index contributed by atoms with van der Waals surface area (Å²) < 4.78 is 12.4. The minimum absolute atomic E-state index is 0.00861. The largest absolute Gasteiger partial charge is 0.329 e. The molecule has 1 rings (SSSR count). The van der Waals surface area contributed by atoms with Crippen LogP contribution in [-0.2, 0) is 9.47 Å². The SMILES string of the molecule is CC(C)[Si](C#CC1(C#C[Si](C)(C)C)OCC(C)(C)CO1)(C(C)C)C(C)C. The van der Waals surface area contributed by atoms with E-state index >= 15 is 0 Å². The Labute approximate surface area is 164 Å². The summed E-state index contributed by atoms with van der Waals surface area (Å²) in [6, 6.07) is 0. The van der Waals surface area contributed by atoms with Crippen molar-refractivity contribution in [1.29, 1.82) is 0 Å². The van der Waals surface area contributed by atoms with Crippen molar-refractivity contribution in [2.24, 2.45) is 5.41 Å². The first-order valence-corrected chi connectivity index (χ1v) is 15.8. The van der Waals surface area contributed by atoms with Crippen LogP contribution in [0.2, 0.25) is 36.3 Å². The van der Waals surface area contributed by atoms with Gasteiger partial charge in [-0.15, -0.1) is 11.1 Å². The highest BCUT2D eigenvalue weighted by Crippen LogP contribution is 2.41. The van der Waals surface area contributed by atoms with Crippen LogP contribution < -0.4 is 0 Å². The second-order valence-corrected chi connectivity index (χ2v) is 20.8. The van der Waals surface area contributed by atoms with Crippen LogP contribution in [0.3, 0.4) is 0 Å². The Kier molecular flexibility index (Phi) is 7.44. The highest BCUT2D eigenvalue weighted by molar-refractivity contribution is 6.90. The van der Waals surface area contributed by atoms with Crippen molar-refractivity contribution < 1.29 is 9.47 Å². The van der Waals surface area contributed by atoms with Crippen molar-refractivity contribution in [3.63, 3.8) is 0 Å². The molecule has 0 N–H and O–H groups in total. The number of rotatable bonds is 3. The standard InChI is InChI=1S/C22H40O2Si2/c1-18(2)26(19(3)4,20(5)6)15-13-22(12-14-25(9,10)11)23-16-21(7,8)17-24-22/h18-20H,16-17H2,1-11H3. The molecular formula is C22H40O2Si2. The molecule has 1 aliphatic heterocycles. The fourth-order valence-corrected chi connectivity index (χ4v) is 9.53. The van der Waals surface area contributed by atoms with Gasteiger partial charge in [-0.25, -0.2) is 0 Å². The summed E-state index contributed by atoms with van der Waals surface area (Å²) in [5.74, 6) is 5.72. The zero-order chi connectivity index (χ0) is 20.4. The van der Waals surface area contributed by atoms with Crippen LogP contribution in [0.25, 0.3) is 0 Å². The predicted octanol–water partition coefficient (Wildman–Crippen LogP) is 5.86. The molecule has 0 aromatic carbocycles. The molecule has 1 aliphatic rings. The zero-order valence-corrected chi connectivity index (χ0v) is 21.0. The molecule has 2 nitrogen and oxygen atoms in total. The molecular weight excluding hydrogens is 352 g/mol. The number of hydrogen-bond acceptors (Lipinski definition) is 2. The summed E-state index contributed by atoms with van der Waals surface area (Å²) in [5.41, 5.74) is 8.94. The van der Waals surface area contributed by atoms with Gasteiger partial charge in [-0.3, -0.25) is 0 Å². The Morgan fingerprint density at radius 3 is 1.46 bits per heavy atom. The lowest BCUT2D eigenvalue weighted by Crippen LogP contribution is -2.48. The van der Waals surface area contributed by atoms with Crippen molar-refractivity contribution >= 4 is 16.1 Å². The molecule has 0 atom stereocenters. The van der Waals surface area contributed by atoms with Crippen molar-refractivity contribution in [1.82, 2.24) is 0 Å². The van der Waals surface area contributed by atoms with E-state index in [0.29, 0.717) is 29.8 Å². The van der Waals surface area contributed by atoms with Crippen LogP contribution in [0.15, 0.2) is 0 Å². The van der Waals surface area contributed by atoms with Gasteiger partial charge in [0.05, 0.1) is 13.2 Å². The van der Waals surface area contributed by atoms with Gasteiger partial charge in [0.25, 0.3) is 5.79 Å². The molecule has 0 bridgehead atoms. The molecule has 0 unspecified atom stereocenters. The molecule has 0 saturated carbocycles. The van der Waals surface area contributed by atoms with Crippen LogP contribution in [0.4, 0.5) is 0 Å². The summed E-state index contributed by atoms with van der Waals surface area (Å²) in [5, 5.41) is 0. The second-order valence-electron chi connectivity index (χ2n) is 10.5. The van der Waals surface area contributed by atoms with E-state index in [4.69, 9.17) is 9.47 Å². The second kappa shape index (κ2) is 8.23. The third kappa shape index (κ3) is 5.73. The fraction of sp³-hybridized carbons (Fsp3) is 0.818. The highest BCUT2D eigenvalue weighted by Gasteiger charge is 2.44. The molecule has 26 heavy (non-hydrogen) atoms. The lowest BCUT2D eigenvalue weighted by molar-refractivity contribution is -0.234. The van der Waals surface area contributed by atoms with Gasteiger partial charge in [0, 0.05) is 5.41 Å². The molecule has 0 aromatic rings. The molecule has 1 fully saturated rings. The van der Waals surface area contributed by atoms with Crippen molar-refractivity contribution in [2.45, 2.75) is 97.4 Å². The summed E-state index contributed by atoms with van der Waals surface area (Å²) in [4.78, 5) is 0. The quantitative estimate of drug-likeness (QED) is 0.442. The average Bonchev–Trinajstić information content (AvgIpc) is 2.46. The van der Waals surface area contributed by atoms with Gasteiger partial charge in [-0.1, -0.05) is 75.0 Å².